The second-order valence-corrected chi connectivity index (χ2v) is 10.2. The molecule has 7 nitrogen and oxygen atoms in total. The Balaban J connectivity index is 1.89. The van der Waals surface area contributed by atoms with Crippen molar-refractivity contribution in [1.82, 2.24) is 0 Å². The summed E-state index contributed by atoms with van der Waals surface area (Å²) < 4.78 is 28.1. The van der Waals surface area contributed by atoms with Gasteiger partial charge < -0.3 is 0 Å². The van der Waals surface area contributed by atoms with Crippen LogP contribution in [0.3, 0.4) is 0 Å². The van der Waals surface area contributed by atoms with E-state index in [1.165, 1.54) is 24.3 Å². The summed E-state index contributed by atoms with van der Waals surface area (Å²) in [6, 6.07) is 17.1. The largest absolute Gasteiger partial charge is 0.289 e. The molecular formula is C24H24N2O5S. The molecule has 0 fully saturated rings. The number of carbonyl (C=O) groups excluding carboxylic acids is 1. The summed E-state index contributed by atoms with van der Waals surface area (Å²) >= 11 is 0. The fraction of sp³-hybridized carbons (Fsp3) is 0.208. The van der Waals surface area contributed by atoms with E-state index in [1.807, 2.05) is 12.1 Å². The van der Waals surface area contributed by atoms with Gasteiger partial charge in [0.2, 0.25) is 0 Å². The molecule has 0 aromatic heterocycles. The molecule has 0 heterocycles. The van der Waals surface area contributed by atoms with Crippen molar-refractivity contribution in [1.29, 1.82) is 0 Å². The Bertz CT molecular complexity index is 1290. The maximum Gasteiger partial charge on any atom is 0.270 e. The molecule has 0 aliphatic carbocycles. The standard InChI is InChI=1S/C24H24N2O5S/c1-16-8-13-21(26(28)29)15-22(16)32(30,31)25-20-7-5-6-18(14-20)23(27)17-9-11-19(12-10-17)24(2,3)4/h5-15,25H,1-4H3. The minimum atomic E-state index is -4.09. The lowest BCUT2D eigenvalue weighted by Crippen LogP contribution is -2.15. The first kappa shape index (κ1) is 23.1. The van der Waals surface area contributed by atoms with Crippen molar-refractivity contribution >= 4 is 27.2 Å². The summed E-state index contributed by atoms with van der Waals surface area (Å²) in [7, 11) is -4.09. The Morgan fingerprint density at radius 3 is 2.19 bits per heavy atom. The molecule has 8 heteroatoms. The molecule has 0 saturated heterocycles. The van der Waals surface area contributed by atoms with Crippen molar-refractivity contribution in [2.45, 2.75) is 38.0 Å². The van der Waals surface area contributed by atoms with Gasteiger partial charge in [-0.2, -0.15) is 0 Å². The number of nitro benzene ring substituents is 1. The average Bonchev–Trinajstić information content (AvgIpc) is 2.72. The van der Waals surface area contributed by atoms with Crippen molar-refractivity contribution in [3.05, 3.63) is 99.1 Å². The first-order valence-corrected chi connectivity index (χ1v) is 11.4. The highest BCUT2D eigenvalue weighted by Gasteiger charge is 2.21. The van der Waals surface area contributed by atoms with Crippen LogP contribution < -0.4 is 4.72 Å². The number of hydrogen-bond acceptors (Lipinski definition) is 5. The molecule has 0 atom stereocenters. The monoisotopic (exact) mass is 452 g/mol. The van der Waals surface area contributed by atoms with Crippen LogP contribution in [0, 0.1) is 17.0 Å². The normalized spacial score (nSPS) is 11.8. The van der Waals surface area contributed by atoms with E-state index in [0.29, 0.717) is 16.7 Å². The summed E-state index contributed by atoms with van der Waals surface area (Å²) in [6.07, 6.45) is 0. The maximum atomic E-state index is 12.9. The molecule has 0 amide bonds. The van der Waals surface area contributed by atoms with Crippen LogP contribution in [0.5, 0.6) is 0 Å². The number of nitro groups is 1. The summed E-state index contributed by atoms with van der Waals surface area (Å²) in [5.74, 6) is -0.238. The van der Waals surface area contributed by atoms with E-state index >= 15 is 0 Å². The molecule has 3 rings (SSSR count). The van der Waals surface area contributed by atoms with E-state index in [-0.39, 0.29) is 27.5 Å². The molecule has 0 bridgehead atoms. The number of anilines is 1. The molecule has 0 aliphatic heterocycles. The molecule has 1 N–H and O–H groups in total. The zero-order chi connectivity index (χ0) is 23.7. The van der Waals surface area contributed by atoms with Crippen LogP contribution in [0.25, 0.3) is 0 Å². The number of nitrogens with one attached hydrogen (secondary N) is 1. The highest BCUT2D eigenvalue weighted by molar-refractivity contribution is 7.92. The van der Waals surface area contributed by atoms with Gasteiger partial charge >= 0.3 is 0 Å². The lowest BCUT2D eigenvalue weighted by molar-refractivity contribution is -0.385. The van der Waals surface area contributed by atoms with Crippen LogP contribution >= 0.6 is 0 Å². The van der Waals surface area contributed by atoms with Crippen LogP contribution in [-0.4, -0.2) is 19.1 Å². The van der Waals surface area contributed by atoms with Crippen molar-refractivity contribution in [2.24, 2.45) is 0 Å². The number of benzene rings is 3. The van der Waals surface area contributed by atoms with Crippen molar-refractivity contribution in [3.63, 3.8) is 0 Å². The third-order valence-corrected chi connectivity index (χ3v) is 6.59. The smallest absolute Gasteiger partial charge is 0.270 e. The van der Waals surface area contributed by atoms with Gasteiger partial charge in [0.15, 0.2) is 5.78 Å². The van der Waals surface area contributed by atoms with Gasteiger partial charge in [-0.25, -0.2) is 8.42 Å². The second-order valence-electron chi connectivity index (χ2n) is 8.55. The molecule has 166 valence electrons. The minimum absolute atomic E-state index is 0.0373. The highest BCUT2D eigenvalue weighted by atomic mass is 32.2. The van der Waals surface area contributed by atoms with Crippen molar-refractivity contribution in [3.8, 4) is 0 Å². The summed E-state index contributed by atoms with van der Waals surface area (Å²) in [6.45, 7) is 7.81. The zero-order valence-corrected chi connectivity index (χ0v) is 19.1. The Hall–Kier alpha value is -3.52. The van der Waals surface area contributed by atoms with E-state index in [2.05, 4.69) is 25.5 Å². The lowest BCUT2D eigenvalue weighted by Gasteiger charge is -2.19. The molecule has 0 aliphatic rings. The summed E-state index contributed by atoms with van der Waals surface area (Å²) in [5.41, 5.74) is 2.12. The number of hydrogen-bond donors (Lipinski definition) is 1. The summed E-state index contributed by atoms with van der Waals surface area (Å²) in [4.78, 5) is 23.1. The number of sulfonamides is 1. The van der Waals surface area contributed by atoms with E-state index in [9.17, 15) is 23.3 Å². The maximum absolute atomic E-state index is 12.9. The molecule has 0 radical (unpaired) electrons. The van der Waals surface area contributed by atoms with E-state index < -0.39 is 14.9 Å². The number of carbonyl (C=O) groups is 1. The van der Waals surface area contributed by atoms with Crippen LogP contribution in [0.1, 0.15) is 47.8 Å². The van der Waals surface area contributed by atoms with Crippen molar-refractivity contribution in [2.75, 3.05) is 4.72 Å². The fourth-order valence-corrected chi connectivity index (χ4v) is 4.53. The molecule has 3 aromatic rings. The van der Waals surface area contributed by atoms with Crippen LogP contribution in [0.4, 0.5) is 11.4 Å². The quantitative estimate of drug-likeness (QED) is 0.313. The average molecular weight is 453 g/mol. The lowest BCUT2D eigenvalue weighted by atomic mass is 9.86. The van der Waals surface area contributed by atoms with Gasteiger partial charge in [-0.3, -0.25) is 19.6 Å². The van der Waals surface area contributed by atoms with Gasteiger partial charge in [0.05, 0.1) is 9.82 Å². The zero-order valence-electron chi connectivity index (χ0n) is 18.2. The second kappa shape index (κ2) is 8.55. The summed E-state index contributed by atoms with van der Waals surface area (Å²) in [5, 5.41) is 11.0. The molecular weight excluding hydrogens is 428 g/mol. The third kappa shape index (κ3) is 5.03. The highest BCUT2D eigenvalue weighted by Crippen LogP contribution is 2.26. The van der Waals surface area contributed by atoms with E-state index in [4.69, 9.17) is 0 Å². The van der Waals surface area contributed by atoms with Crippen LogP contribution in [-0.2, 0) is 15.4 Å². The molecule has 0 saturated carbocycles. The van der Waals surface area contributed by atoms with Crippen molar-refractivity contribution < 1.29 is 18.1 Å². The van der Waals surface area contributed by atoms with Gasteiger partial charge in [0.25, 0.3) is 15.7 Å². The molecule has 32 heavy (non-hydrogen) atoms. The number of rotatable bonds is 6. The first-order chi connectivity index (χ1) is 14.9. The topological polar surface area (TPSA) is 106 Å². The van der Waals surface area contributed by atoms with Gasteiger partial charge in [0, 0.05) is 28.9 Å². The Labute approximate surface area is 187 Å². The Morgan fingerprint density at radius 1 is 0.938 bits per heavy atom. The Morgan fingerprint density at radius 2 is 1.59 bits per heavy atom. The predicted octanol–water partition coefficient (Wildman–Crippen LogP) is 5.23. The Kier molecular flexibility index (Phi) is 6.18. The fourth-order valence-electron chi connectivity index (χ4n) is 3.21. The number of nitrogens with zero attached hydrogens (tertiary/aromatic N) is 1. The van der Waals surface area contributed by atoms with Gasteiger partial charge in [0.1, 0.15) is 0 Å². The molecule has 3 aromatic carbocycles. The third-order valence-electron chi connectivity index (χ3n) is 5.06. The number of ketones is 1. The minimum Gasteiger partial charge on any atom is -0.289 e. The molecule has 0 unspecified atom stereocenters. The first-order valence-electron chi connectivity index (χ1n) is 9.92. The SMILES string of the molecule is Cc1ccc([N+](=O)[O-])cc1S(=O)(=O)Nc1cccc(C(=O)c2ccc(C(C)(C)C)cc2)c1. The van der Waals surface area contributed by atoms with E-state index in [0.717, 1.165) is 11.6 Å². The van der Waals surface area contributed by atoms with Gasteiger partial charge in [-0.15, -0.1) is 0 Å². The van der Waals surface area contributed by atoms with E-state index in [1.54, 1.807) is 31.2 Å². The van der Waals surface area contributed by atoms with Crippen LogP contribution in [0.2, 0.25) is 0 Å². The molecule has 0 spiro atoms. The predicted molar refractivity (Wildman–Crippen MR) is 124 cm³/mol. The van der Waals surface area contributed by atoms with Gasteiger partial charge in [-0.05, 0) is 35.6 Å². The number of non-ortho nitro benzene ring substituents is 1. The number of aryl methyl sites for hydroxylation is 1. The van der Waals surface area contributed by atoms with Crippen LogP contribution in [0.15, 0.2) is 71.6 Å². The van der Waals surface area contributed by atoms with Gasteiger partial charge in [-0.1, -0.05) is 63.2 Å².